The van der Waals surface area contributed by atoms with Crippen molar-refractivity contribution in [3.05, 3.63) is 65.2 Å². The molecule has 1 aromatic carbocycles. The van der Waals surface area contributed by atoms with E-state index >= 15 is 0 Å². The van der Waals surface area contributed by atoms with Crippen LogP contribution in [0.2, 0.25) is 0 Å². The summed E-state index contributed by atoms with van der Waals surface area (Å²) < 4.78 is 77.1. The van der Waals surface area contributed by atoms with Gasteiger partial charge in [-0.3, -0.25) is 4.98 Å². The second-order valence-corrected chi connectivity index (χ2v) is 6.98. The van der Waals surface area contributed by atoms with Gasteiger partial charge in [-0.1, -0.05) is 6.07 Å². The maximum absolute atomic E-state index is 13.3. The Morgan fingerprint density at radius 3 is 2.50 bits per heavy atom. The summed E-state index contributed by atoms with van der Waals surface area (Å²) in [6, 6.07) is 7.00. The summed E-state index contributed by atoms with van der Waals surface area (Å²) in [7, 11) is -3.73. The average Bonchev–Trinajstić information content (AvgIpc) is 2.51. The van der Waals surface area contributed by atoms with Crippen molar-refractivity contribution in [3.63, 3.8) is 0 Å². The lowest BCUT2D eigenvalue weighted by molar-refractivity contribution is -0.137. The van der Waals surface area contributed by atoms with Crippen molar-refractivity contribution in [2.24, 2.45) is 0 Å². The molecule has 1 N–H and O–H groups in total. The van der Waals surface area contributed by atoms with Gasteiger partial charge >= 0.3 is 6.18 Å². The second kappa shape index (κ2) is 7.27. The molecule has 130 valence electrons. The van der Waals surface area contributed by atoms with Crippen molar-refractivity contribution in [3.8, 4) is 0 Å². The molecule has 0 amide bonds. The maximum Gasteiger partial charge on any atom is 0.416 e. The largest absolute Gasteiger partial charge is 0.416 e. The van der Waals surface area contributed by atoms with Crippen molar-refractivity contribution in [1.82, 2.24) is 9.71 Å². The number of pyridine rings is 1. The highest BCUT2D eigenvalue weighted by molar-refractivity contribution is 7.89. The molecule has 0 bridgehead atoms. The van der Waals surface area contributed by atoms with Gasteiger partial charge in [0, 0.05) is 24.9 Å². The second-order valence-electron chi connectivity index (χ2n) is 5.06. The monoisotopic (exact) mass is 362 g/mol. The molecule has 1 heterocycles. The molecule has 9 heteroatoms. The van der Waals surface area contributed by atoms with Crippen LogP contribution in [0.5, 0.6) is 0 Å². The summed E-state index contributed by atoms with van der Waals surface area (Å²) in [5.74, 6) is -1.35. The van der Waals surface area contributed by atoms with E-state index in [1.165, 1.54) is 6.20 Å². The van der Waals surface area contributed by atoms with E-state index in [2.05, 4.69) is 9.71 Å². The summed E-state index contributed by atoms with van der Waals surface area (Å²) in [4.78, 5) is 3.98. The number of nitrogens with one attached hydrogen (secondary N) is 1. The van der Waals surface area contributed by atoms with Crippen LogP contribution in [0.3, 0.4) is 0 Å². The molecule has 1 aromatic heterocycles. The molecule has 0 aliphatic rings. The van der Waals surface area contributed by atoms with Gasteiger partial charge in [-0.2, -0.15) is 13.2 Å². The molecule has 0 spiro atoms. The van der Waals surface area contributed by atoms with Gasteiger partial charge in [-0.15, -0.1) is 0 Å². The zero-order valence-electron chi connectivity index (χ0n) is 12.3. The molecule has 0 saturated heterocycles. The normalized spacial score (nSPS) is 12.3. The number of aryl methyl sites for hydroxylation is 1. The third-order valence-corrected chi connectivity index (χ3v) is 4.46. The van der Waals surface area contributed by atoms with Gasteiger partial charge in [0.2, 0.25) is 10.0 Å². The minimum Gasteiger partial charge on any atom is -0.261 e. The topological polar surface area (TPSA) is 59.1 Å². The standard InChI is InChI=1S/C15H14F4N2O2S/c16-13-8-11(7-12(9-13)15(17,18)19)10-21-24(22,23)6-4-14-3-1-2-5-20-14/h1-3,5,7-9,21H,4,6,10H2. The smallest absolute Gasteiger partial charge is 0.261 e. The Morgan fingerprint density at radius 1 is 1.12 bits per heavy atom. The quantitative estimate of drug-likeness (QED) is 0.804. The number of aromatic nitrogens is 1. The van der Waals surface area contributed by atoms with E-state index in [1.54, 1.807) is 18.2 Å². The number of halogens is 4. The lowest BCUT2D eigenvalue weighted by atomic mass is 10.1. The fourth-order valence-electron chi connectivity index (χ4n) is 1.97. The summed E-state index contributed by atoms with van der Waals surface area (Å²) >= 11 is 0. The predicted octanol–water partition coefficient (Wildman–Crippen LogP) is 2.90. The molecular formula is C15H14F4N2O2S. The van der Waals surface area contributed by atoms with E-state index in [4.69, 9.17) is 0 Å². The van der Waals surface area contributed by atoms with E-state index < -0.39 is 34.1 Å². The SMILES string of the molecule is O=S(=O)(CCc1ccccn1)NCc1cc(F)cc(C(F)(F)F)c1. The molecule has 0 radical (unpaired) electrons. The van der Waals surface area contributed by atoms with Gasteiger partial charge in [0.15, 0.2) is 0 Å². The van der Waals surface area contributed by atoms with E-state index in [1.807, 2.05) is 0 Å². The van der Waals surface area contributed by atoms with Crippen molar-refractivity contribution in [2.75, 3.05) is 5.75 Å². The first kappa shape index (κ1) is 18.3. The third kappa shape index (κ3) is 5.57. The first-order valence-corrected chi connectivity index (χ1v) is 8.55. The van der Waals surface area contributed by atoms with Crippen molar-refractivity contribution >= 4 is 10.0 Å². The van der Waals surface area contributed by atoms with Gasteiger partial charge in [-0.05, 0) is 35.9 Å². The van der Waals surface area contributed by atoms with Gasteiger partial charge < -0.3 is 0 Å². The fourth-order valence-corrected chi connectivity index (χ4v) is 2.98. The summed E-state index contributed by atoms with van der Waals surface area (Å²) in [5.41, 5.74) is -0.693. The molecule has 0 fully saturated rings. The molecule has 2 rings (SSSR count). The zero-order valence-corrected chi connectivity index (χ0v) is 13.2. The Bertz CT molecular complexity index is 793. The van der Waals surface area contributed by atoms with Gasteiger partial charge in [0.05, 0.1) is 11.3 Å². The molecule has 0 aliphatic carbocycles. The van der Waals surface area contributed by atoms with Crippen LogP contribution >= 0.6 is 0 Å². The van der Waals surface area contributed by atoms with Crippen LogP contribution in [0.1, 0.15) is 16.8 Å². The maximum atomic E-state index is 13.3. The molecule has 24 heavy (non-hydrogen) atoms. The Balaban J connectivity index is 2.00. The number of nitrogens with zero attached hydrogens (tertiary/aromatic N) is 1. The van der Waals surface area contributed by atoms with Crippen molar-refractivity contribution in [1.29, 1.82) is 0 Å². The Hall–Kier alpha value is -2.00. The molecule has 2 aromatic rings. The number of benzene rings is 1. The fraction of sp³-hybridized carbons (Fsp3) is 0.267. The van der Waals surface area contributed by atoms with E-state index in [-0.39, 0.29) is 17.7 Å². The number of alkyl halides is 3. The number of hydrogen-bond acceptors (Lipinski definition) is 3. The first-order valence-electron chi connectivity index (χ1n) is 6.90. The summed E-state index contributed by atoms with van der Waals surface area (Å²) in [6.07, 6.45) is -3.01. The number of hydrogen-bond donors (Lipinski definition) is 1. The van der Waals surface area contributed by atoms with Crippen LogP contribution < -0.4 is 4.72 Å². The Labute approximate surface area is 136 Å². The molecule has 0 aliphatic heterocycles. The van der Waals surface area contributed by atoms with E-state index in [9.17, 15) is 26.0 Å². The van der Waals surface area contributed by atoms with E-state index in [0.717, 1.165) is 6.07 Å². The molecule has 4 nitrogen and oxygen atoms in total. The molecule has 0 unspecified atom stereocenters. The first-order chi connectivity index (χ1) is 11.2. The summed E-state index contributed by atoms with van der Waals surface area (Å²) in [6.45, 7) is -0.425. The van der Waals surface area contributed by atoms with Gasteiger partial charge in [0.1, 0.15) is 5.82 Å². The van der Waals surface area contributed by atoms with Crippen LogP contribution in [-0.4, -0.2) is 19.2 Å². The molecule has 0 saturated carbocycles. The van der Waals surface area contributed by atoms with Gasteiger partial charge in [-0.25, -0.2) is 17.5 Å². The van der Waals surface area contributed by atoms with Gasteiger partial charge in [0.25, 0.3) is 0 Å². The van der Waals surface area contributed by atoms with Crippen LogP contribution in [0.25, 0.3) is 0 Å². The van der Waals surface area contributed by atoms with Crippen molar-refractivity contribution < 1.29 is 26.0 Å². The third-order valence-electron chi connectivity index (χ3n) is 3.13. The highest BCUT2D eigenvalue weighted by atomic mass is 32.2. The van der Waals surface area contributed by atoms with E-state index in [0.29, 0.717) is 17.8 Å². The van der Waals surface area contributed by atoms with Crippen LogP contribution in [-0.2, 0) is 29.2 Å². The Morgan fingerprint density at radius 2 is 1.88 bits per heavy atom. The van der Waals surface area contributed by atoms with Crippen LogP contribution in [0, 0.1) is 5.82 Å². The van der Waals surface area contributed by atoms with Crippen LogP contribution in [0.15, 0.2) is 42.6 Å². The highest BCUT2D eigenvalue weighted by Crippen LogP contribution is 2.30. The average molecular weight is 362 g/mol. The van der Waals surface area contributed by atoms with Crippen LogP contribution in [0.4, 0.5) is 17.6 Å². The zero-order chi connectivity index (χ0) is 17.8. The lowest BCUT2D eigenvalue weighted by Gasteiger charge is -2.10. The number of rotatable bonds is 6. The predicted molar refractivity (Wildman–Crippen MR) is 80.0 cm³/mol. The molecular weight excluding hydrogens is 348 g/mol. The lowest BCUT2D eigenvalue weighted by Crippen LogP contribution is -2.27. The minimum absolute atomic E-state index is 0.108. The summed E-state index contributed by atoms with van der Waals surface area (Å²) in [5, 5.41) is 0. The minimum atomic E-state index is -4.70. The highest BCUT2D eigenvalue weighted by Gasteiger charge is 2.31. The molecule has 0 atom stereocenters. The Kier molecular flexibility index (Phi) is 5.55. The van der Waals surface area contributed by atoms with Crippen molar-refractivity contribution in [2.45, 2.75) is 19.1 Å². The number of sulfonamides is 1.